The molecule has 2 atom stereocenters. The first-order valence-corrected chi connectivity index (χ1v) is 5.69. The van der Waals surface area contributed by atoms with Crippen LogP contribution in [0, 0.1) is 5.92 Å². The van der Waals surface area contributed by atoms with Gasteiger partial charge in [0, 0.05) is 12.6 Å². The number of likely N-dealkylation sites (N-methyl/N-ethyl adjacent to an activating group) is 1. The second kappa shape index (κ2) is 4.43. The van der Waals surface area contributed by atoms with E-state index in [1.54, 1.807) is 0 Å². The third kappa shape index (κ3) is 2.68. The minimum Gasteiger partial charge on any atom is -0.377 e. The molecule has 76 valence electrons. The molecule has 0 aromatic rings. The Morgan fingerprint density at radius 3 is 2.69 bits per heavy atom. The lowest BCUT2D eigenvalue weighted by Gasteiger charge is -2.30. The monoisotopic (exact) mass is 183 g/mol. The van der Waals surface area contributed by atoms with Gasteiger partial charge >= 0.3 is 0 Å². The largest absolute Gasteiger partial charge is 0.377 e. The van der Waals surface area contributed by atoms with Gasteiger partial charge in [0.1, 0.15) is 0 Å². The van der Waals surface area contributed by atoms with E-state index in [-0.39, 0.29) is 0 Å². The van der Waals surface area contributed by atoms with Crippen LogP contribution in [0.3, 0.4) is 0 Å². The molecular formula is C11H21NO. The normalized spacial score (nSPS) is 31.6. The average Bonchev–Trinajstić information content (AvgIpc) is 2.99. The minimum atomic E-state index is 0.499. The molecule has 1 N–H and O–H groups in total. The van der Waals surface area contributed by atoms with Gasteiger partial charge in [-0.25, -0.2) is 0 Å². The molecule has 2 fully saturated rings. The lowest BCUT2D eigenvalue weighted by Crippen LogP contribution is -2.41. The number of ether oxygens (including phenoxy) is 1. The molecule has 2 nitrogen and oxygen atoms in total. The zero-order valence-corrected chi connectivity index (χ0v) is 8.59. The molecule has 1 aliphatic heterocycles. The molecule has 0 bridgehead atoms. The van der Waals surface area contributed by atoms with Gasteiger partial charge in [-0.05, 0) is 38.6 Å². The predicted molar refractivity (Wildman–Crippen MR) is 53.8 cm³/mol. The van der Waals surface area contributed by atoms with Crippen LogP contribution < -0.4 is 5.32 Å². The zero-order valence-electron chi connectivity index (χ0n) is 8.59. The van der Waals surface area contributed by atoms with Crippen LogP contribution in [0.2, 0.25) is 0 Å². The molecule has 2 aliphatic rings. The summed E-state index contributed by atoms with van der Waals surface area (Å²) in [5.41, 5.74) is 0. The molecule has 1 saturated heterocycles. The Morgan fingerprint density at radius 1 is 1.31 bits per heavy atom. The van der Waals surface area contributed by atoms with Crippen molar-refractivity contribution in [2.75, 3.05) is 13.7 Å². The van der Waals surface area contributed by atoms with Crippen molar-refractivity contribution in [3.63, 3.8) is 0 Å². The Balaban J connectivity index is 1.78. The SMILES string of the molecule is CNC(CC1CC1)C1CCCCO1. The van der Waals surface area contributed by atoms with Crippen LogP contribution in [-0.4, -0.2) is 25.8 Å². The summed E-state index contributed by atoms with van der Waals surface area (Å²) in [7, 11) is 2.07. The van der Waals surface area contributed by atoms with Gasteiger partial charge in [0.15, 0.2) is 0 Å². The highest BCUT2D eigenvalue weighted by molar-refractivity contribution is 4.85. The first-order valence-electron chi connectivity index (χ1n) is 5.69. The highest BCUT2D eigenvalue weighted by Gasteiger charge is 2.30. The molecule has 1 aliphatic carbocycles. The summed E-state index contributed by atoms with van der Waals surface area (Å²) in [4.78, 5) is 0. The maximum Gasteiger partial charge on any atom is 0.0728 e. The number of hydrogen-bond acceptors (Lipinski definition) is 2. The molecule has 0 amide bonds. The Hall–Kier alpha value is -0.0800. The predicted octanol–water partition coefficient (Wildman–Crippen LogP) is 1.94. The van der Waals surface area contributed by atoms with Gasteiger partial charge in [-0.3, -0.25) is 0 Å². The van der Waals surface area contributed by atoms with Crippen molar-refractivity contribution < 1.29 is 4.74 Å². The second-order valence-corrected chi connectivity index (χ2v) is 4.48. The maximum atomic E-state index is 5.80. The van der Waals surface area contributed by atoms with Crippen molar-refractivity contribution >= 4 is 0 Å². The lowest BCUT2D eigenvalue weighted by molar-refractivity contribution is -0.00879. The molecule has 2 rings (SSSR count). The Morgan fingerprint density at radius 2 is 2.15 bits per heavy atom. The average molecular weight is 183 g/mol. The van der Waals surface area contributed by atoms with Crippen molar-refractivity contribution in [3.8, 4) is 0 Å². The van der Waals surface area contributed by atoms with E-state index in [9.17, 15) is 0 Å². The highest BCUT2D eigenvalue weighted by atomic mass is 16.5. The summed E-state index contributed by atoms with van der Waals surface area (Å²) in [6, 6.07) is 0.618. The van der Waals surface area contributed by atoms with Crippen LogP contribution in [0.1, 0.15) is 38.5 Å². The highest BCUT2D eigenvalue weighted by Crippen LogP contribution is 2.35. The Labute approximate surface area is 81.0 Å². The van der Waals surface area contributed by atoms with Gasteiger partial charge in [0.25, 0.3) is 0 Å². The van der Waals surface area contributed by atoms with Gasteiger partial charge in [-0.15, -0.1) is 0 Å². The quantitative estimate of drug-likeness (QED) is 0.719. The van der Waals surface area contributed by atoms with Crippen LogP contribution in [-0.2, 0) is 4.74 Å². The van der Waals surface area contributed by atoms with E-state index in [1.165, 1.54) is 38.5 Å². The molecule has 1 heterocycles. The molecule has 0 aromatic carbocycles. The van der Waals surface area contributed by atoms with Crippen LogP contribution in [0.25, 0.3) is 0 Å². The third-order valence-electron chi connectivity index (χ3n) is 3.32. The summed E-state index contributed by atoms with van der Waals surface area (Å²) in [5.74, 6) is 1.00. The molecule has 1 saturated carbocycles. The van der Waals surface area contributed by atoms with Gasteiger partial charge in [-0.1, -0.05) is 12.8 Å². The topological polar surface area (TPSA) is 21.3 Å². The molecule has 0 aromatic heterocycles. The van der Waals surface area contributed by atoms with Gasteiger partial charge < -0.3 is 10.1 Å². The third-order valence-corrected chi connectivity index (χ3v) is 3.32. The second-order valence-electron chi connectivity index (χ2n) is 4.48. The lowest BCUT2D eigenvalue weighted by atomic mass is 9.98. The summed E-state index contributed by atoms with van der Waals surface area (Å²) in [5, 5.41) is 3.42. The fourth-order valence-electron chi connectivity index (χ4n) is 2.25. The van der Waals surface area contributed by atoms with Crippen molar-refractivity contribution in [2.24, 2.45) is 5.92 Å². The van der Waals surface area contributed by atoms with E-state index in [1.807, 2.05) is 0 Å². The van der Waals surface area contributed by atoms with Gasteiger partial charge in [-0.2, -0.15) is 0 Å². The first kappa shape index (κ1) is 9.47. The first-order chi connectivity index (χ1) is 6.40. The minimum absolute atomic E-state index is 0.499. The fraction of sp³-hybridized carbons (Fsp3) is 1.00. The van der Waals surface area contributed by atoms with E-state index in [4.69, 9.17) is 4.74 Å². The Kier molecular flexibility index (Phi) is 3.23. The number of nitrogens with one attached hydrogen (secondary N) is 1. The smallest absolute Gasteiger partial charge is 0.0728 e. The van der Waals surface area contributed by atoms with Crippen molar-refractivity contribution in [3.05, 3.63) is 0 Å². The molecule has 0 spiro atoms. The standard InChI is InChI=1S/C11H21NO/c1-12-10(8-9-5-6-9)11-4-2-3-7-13-11/h9-12H,2-8H2,1H3. The molecule has 2 heteroatoms. The number of hydrogen-bond donors (Lipinski definition) is 1. The van der Waals surface area contributed by atoms with Crippen molar-refractivity contribution in [1.82, 2.24) is 5.32 Å². The van der Waals surface area contributed by atoms with Crippen molar-refractivity contribution in [2.45, 2.75) is 50.7 Å². The molecule has 2 unspecified atom stereocenters. The van der Waals surface area contributed by atoms with Crippen LogP contribution in [0.5, 0.6) is 0 Å². The molecule has 0 radical (unpaired) electrons. The van der Waals surface area contributed by atoms with E-state index in [0.717, 1.165) is 12.5 Å². The summed E-state index contributed by atoms with van der Waals surface area (Å²) >= 11 is 0. The Bertz CT molecular complexity index is 150. The van der Waals surface area contributed by atoms with Crippen LogP contribution in [0.4, 0.5) is 0 Å². The van der Waals surface area contributed by atoms with Crippen LogP contribution in [0.15, 0.2) is 0 Å². The van der Waals surface area contributed by atoms with Gasteiger partial charge in [0.05, 0.1) is 6.10 Å². The fourth-order valence-corrected chi connectivity index (χ4v) is 2.25. The van der Waals surface area contributed by atoms with Gasteiger partial charge in [0.2, 0.25) is 0 Å². The maximum absolute atomic E-state index is 5.80. The van der Waals surface area contributed by atoms with E-state index in [0.29, 0.717) is 12.1 Å². The summed E-state index contributed by atoms with van der Waals surface area (Å²) in [6.07, 6.45) is 8.61. The van der Waals surface area contributed by atoms with E-state index in [2.05, 4.69) is 12.4 Å². The van der Waals surface area contributed by atoms with Crippen LogP contribution >= 0.6 is 0 Å². The molecule has 13 heavy (non-hydrogen) atoms. The molecular weight excluding hydrogens is 162 g/mol. The number of rotatable bonds is 4. The summed E-state index contributed by atoms with van der Waals surface area (Å²) in [6.45, 7) is 0.980. The zero-order chi connectivity index (χ0) is 9.10. The summed E-state index contributed by atoms with van der Waals surface area (Å²) < 4.78 is 5.80. The van der Waals surface area contributed by atoms with E-state index >= 15 is 0 Å². The van der Waals surface area contributed by atoms with Crippen molar-refractivity contribution in [1.29, 1.82) is 0 Å². The van der Waals surface area contributed by atoms with E-state index < -0.39 is 0 Å².